The quantitative estimate of drug-likeness (QED) is 0.666. The number of rotatable bonds is 0. The minimum absolute atomic E-state index is 0.232. The van der Waals surface area contributed by atoms with Gasteiger partial charge in [0.05, 0.1) is 6.10 Å². The minimum Gasteiger partial charge on any atom is -0.388 e. The van der Waals surface area contributed by atoms with E-state index >= 15 is 0 Å². The maximum Gasteiger partial charge on any atom is 0.0792 e. The van der Waals surface area contributed by atoms with Crippen LogP contribution in [-0.4, -0.2) is 5.11 Å². The molecule has 2 rings (SSSR count). The Hall–Kier alpha value is -0.820. The molecule has 1 aliphatic carbocycles. The molecule has 1 nitrogen and oxygen atoms in total. The van der Waals surface area contributed by atoms with Crippen molar-refractivity contribution in [1.29, 1.82) is 0 Å². The van der Waals surface area contributed by atoms with E-state index in [1.165, 1.54) is 24.8 Å². The van der Waals surface area contributed by atoms with Crippen molar-refractivity contribution >= 4 is 0 Å². The molecule has 0 bridgehead atoms. The number of hydrogen-bond donors (Lipinski definition) is 1. The van der Waals surface area contributed by atoms with E-state index < -0.39 is 0 Å². The van der Waals surface area contributed by atoms with E-state index in [9.17, 15) is 5.11 Å². The molecule has 0 fully saturated rings. The number of aryl methyl sites for hydroxylation is 1. The van der Waals surface area contributed by atoms with Crippen LogP contribution in [-0.2, 0) is 6.42 Å². The molecule has 0 heterocycles. The topological polar surface area (TPSA) is 20.2 Å². The number of fused-ring (bicyclic) bond motifs is 1. The fraction of sp³-hybridized carbons (Fsp3) is 0.538. The number of aliphatic hydroxyl groups excluding tert-OH is 1. The Morgan fingerprint density at radius 2 is 1.79 bits per heavy atom. The normalized spacial score (nSPS) is 23.1. The summed E-state index contributed by atoms with van der Waals surface area (Å²) in [7, 11) is 0. The van der Waals surface area contributed by atoms with Gasteiger partial charge >= 0.3 is 0 Å². The van der Waals surface area contributed by atoms with Gasteiger partial charge in [-0.05, 0) is 30.4 Å². The van der Waals surface area contributed by atoms with Crippen LogP contribution in [0.2, 0.25) is 0 Å². The first-order valence-corrected chi connectivity index (χ1v) is 5.64. The summed E-state index contributed by atoms with van der Waals surface area (Å²) >= 11 is 0. The Kier molecular flexibility index (Phi) is 3.20. The minimum atomic E-state index is -0.232. The van der Waals surface area contributed by atoms with Crippen molar-refractivity contribution in [1.82, 2.24) is 0 Å². The van der Waals surface area contributed by atoms with Crippen molar-refractivity contribution in [3.63, 3.8) is 0 Å². The average molecular weight is 190 g/mol. The van der Waals surface area contributed by atoms with Gasteiger partial charge in [-0.2, -0.15) is 0 Å². The van der Waals surface area contributed by atoms with Crippen LogP contribution in [0, 0.1) is 0 Å². The first-order valence-electron chi connectivity index (χ1n) is 5.64. The summed E-state index contributed by atoms with van der Waals surface area (Å²) in [6, 6.07) is 8.33. The lowest BCUT2D eigenvalue weighted by Crippen LogP contribution is -2.00. The summed E-state index contributed by atoms with van der Waals surface area (Å²) in [6.45, 7) is 0. The largest absolute Gasteiger partial charge is 0.388 e. The van der Waals surface area contributed by atoms with E-state index in [1.807, 2.05) is 6.07 Å². The lowest BCUT2D eigenvalue weighted by molar-refractivity contribution is 0.163. The average Bonchev–Trinajstić information content (AvgIpc) is 2.30. The fourth-order valence-electron chi connectivity index (χ4n) is 2.25. The Morgan fingerprint density at radius 1 is 1.00 bits per heavy atom. The molecule has 1 aromatic rings. The van der Waals surface area contributed by atoms with Crippen LogP contribution in [0.1, 0.15) is 49.3 Å². The van der Waals surface area contributed by atoms with E-state index in [-0.39, 0.29) is 6.10 Å². The van der Waals surface area contributed by atoms with Gasteiger partial charge < -0.3 is 5.11 Å². The summed E-state index contributed by atoms with van der Waals surface area (Å²) in [4.78, 5) is 0. The smallest absolute Gasteiger partial charge is 0.0792 e. The van der Waals surface area contributed by atoms with Gasteiger partial charge in [0.15, 0.2) is 0 Å². The fourth-order valence-corrected chi connectivity index (χ4v) is 2.25. The second-order valence-electron chi connectivity index (χ2n) is 4.17. The summed E-state index contributed by atoms with van der Waals surface area (Å²) in [5, 5.41) is 9.99. The molecule has 0 aromatic heterocycles. The van der Waals surface area contributed by atoms with Gasteiger partial charge in [0.25, 0.3) is 0 Å². The number of hydrogen-bond acceptors (Lipinski definition) is 1. The van der Waals surface area contributed by atoms with Crippen molar-refractivity contribution in [3.05, 3.63) is 35.4 Å². The molecule has 0 unspecified atom stereocenters. The Bertz CT molecular complexity index is 293. The molecule has 0 saturated carbocycles. The molecular formula is C13H18O. The van der Waals surface area contributed by atoms with Crippen molar-refractivity contribution in [3.8, 4) is 0 Å². The second-order valence-corrected chi connectivity index (χ2v) is 4.17. The molecule has 1 aromatic carbocycles. The highest BCUT2D eigenvalue weighted by molar-refractivity contribution is 5.29. The van der Waals surface area contributed by atoms with Gasteiger partial charge in [0.2, 0.25) is 0 Å². The van der Waals surface area contributed by atoms with Gasteiger partial charge in [-0.15, -0.1) is 0 Å². The number of benzene rings is 1. The molecule has 1 aliphatic rings. The Morgan fingerprint density at radius 3 is 2.71 bits per heavy atom. The van der Waals surface area contributed by atoms with Crippen LogP contribution in [0.3, 0.4) is 0 Å². The summed E-state index contributed by atoms with van der Waals surface area (Å²) in [5.74, 6) is 0. The first-order chi connectivity index (χ1) is 6.88. The van der Waals surface area contributed by atoms with Crippen LogP contribution >= 0.6 is 0 Å². The lowest BCUT2D eigenvalue weighted by Gasteiger charge is -2.13. The Labute approximate surface area is 85.8 Å². The number of aliphatic hydroxyl groups is 1. The van der Waals surface area contributed by atoms with Crippen LogP contribution < -0.4 is 0 Å². The monoisotopic (exact) mass is 190 g/mol. The van der Waals surface area contributed by atoms with Gasteiger partial charge in [-0.3, -0.25) is 0 Å². The van der Waals surface area contributed by atoms with Crippen molar-refractivity contribution < 1.29 is 5.11 Å². The molecular weight excluding hydrogens is 172 g/mol. The second kappa shape index (κ2) is 4.61. The molecule has 1 N–H and O–H groups in total. The maximum atomic E-state index is 9.99. The van der Waals surface area contributed by atoms with E-state index in [0.717, 1.165) is 24.8 Å². The van der Waals surface area contributed by atoms with Gasteiger partial charge in [0, 0.05) is 0 Å². The predicted molar refractivity (Wildman–Crippen MR) is 58.2 cm³/mol. The zero-order valence-electron chi connectivity index (χ0n) is 8.58. The molecule has 76 valence electrons. The molecule has 1 atom stereocenters. The third-order valence-corrected chi connectivity index (χ3v) is 3.09. The van der Waals surface area contributed by atoms with Gasteiger partial charge in [0.1, 0.15) is 0 Å². The van der Waals surface area contributed by atoms with Gasteiger partial charge in [-0.1, -0.05) is 43.5 Å². The first kappa shape index (κ1) is 9.72. The predicted octanol–water partition coefficient (Wildman–Crippen LogP) is 3.23. The highest BCUT2D eigenvalue weighted by atomic mass is 16.3. The zero-order valence-corrected chi connectivity index (χ0v) is 8.58. The Balaban J connectivity index is 2.26. The maximum absolute atomic E-state index is 9.99. The third-order valence-electron chi connectivity index (χ3n) is 3.09. The molecule has 1 heteroatoms. The highest BCUT2D eigenvalue weighted by Crippen LogP contribution is 2.26. The van der Waals surface area contributed by atoms with E-state index in [2.05, 4.69) is 18.2 Å². The molecule has 14 heavy (non-hydrogen) atoms. The molecule has 0 aliphatic heterocycles. The molecule has 0 radical (unpaired) electrons. The van der Waals surface area contributed by atoms with E-state index in [4.69, 9.17) is 0 Å². The third kappa shape index (κ3) is 2.16. The SMILES string of the molecule is O[C@H]1CCCCCCc2ccccc21. The summed E-state index contributed by atoms with van der Waals surface area (Å²) in [5.41, 5.74) is 2.51. The molecule has 0 spiro atoms. The zero-order chi connectivity index (χ0) is 9.80. The highest BCUT2D eigenvalue weighted by Gasteiger charge is 2.12. The summed E-state index contributed by atoms with van der Waals surface area (Å²) < 4.78 is 0. The van der Waals surface area contributed by atoms with Crippen molar-refractivity contribution in [2.24, 2.45) is 0 Å². The standard InChI is InChI=1S/C13H18O/c14-13-10-4-2-1-3-7-11-8-5-6-9-12(11)13/h5-6,8-9,13-14H,1-4,7,10H2/t13-/m0/s1. The molecule has 0 saturated heterocycles. The van der Waals surface area contributed by atoms with Crippen LogP contribution in [0.15, 0.2) is 24.3 Å². The van der Waals surface area contributed by atoms with Crippen molar-refractivity contribution in [2.45, 2.75) is 44.6 Å². The van der Waals surface area contributed by atoms with E-state index in [0.29, 0.717) is 0 Å². The van der Waals surface area contributed by atoms with Crippen LogP contribution in [0.25, 0.3) is 0 Å². The van der Waals surface area contributed by atoms with Crippen LogP contribution in [0.4, 0.5) is 0 Å². The summed E-state index contributed by atoms with van der Waals surface area (Å²) in [6.07, 6.45) is 6.83. The molecule has 0 amide bonds. The van der Waals surface area contributed by atoms with E-state index in [1.54, 1.807) is 0 Å². The van der Waals surface area contributed by atoms with Crippen molar-refractivity contribution in [2.75, 3.05) is 0 Å². The lowest BCUT2D eigenvalue weighted by atomic mass is 9.98. The van der Waals surface area contributed by atoms with Gasteiger partial charge in [-0.25, -0.2) is 0 Å². The van der Waals surface area contributed by atoms with Crippen LogP contribution in [0.5, 0.6) is 0 Å².